The van der Waals surface area contributed by atoms with Gasteiger partial charge in [0.1, 0.15) is 5.60 Å². The van der Waals surface area contributed by atoms with Crippen molar-refractivity contribution in [2.75, 3.05) is 26.8 Å². The van der Waals surface area contributed by atoms with Crippen molar-refractivity contribution in [2.45, 2.75) is 58.2 Å². The van der Waals surface area contributed by atoms with Crippen molar-refractivity contribution in [3.05, 3.63) is 0 Å². The molecule has 1 aliphatic heterocycles. The maximum atomic E-state index is 12.0. The number of rotatable bonds is 5. The Labute approximate surface area is 122 Å². The quantitative estimate of drug-likeness (QED) is 0.789. The van der Waals surface area contributed by atoms with Gasteiger partial charge in [-0.05, 0) is 40.0 Å². The first-order valence-electron chi connectivity index (χ1n) is 7.48. The Morgan fingerprint density at radius 2 is 2.05 bits per heavy atom. The molecule has 0 radical (unpaired) electrons. The third kappa shape index (κ3) is 6.09. The summed E-state index contributed by atoms with van der Waals surface area (Å²) in [5, 5.41) is 10.0. The van der Waals surface area contributed by atoms with Crippen LogP contribution >= 0.6 is 0 Å². The average Bonchev–Trinajstić information content (AvgIpc) is 2.34. The number of aliphatic hydroxyl groups excluding tert-OH is 1. The SMILES string of the molecule is COCCCCC1CN(C(=O)OC(C)(C)C)CCC1O. The number of methoxy groups -OCH3 is 1. The number of ether oxygens (including phenoxy) is 2. The second-order valence-corrected chi connectivity index (χ2v) is 6.53. The molecule has 1 rings (SSSR count). The highest BCUT2D eigenvalue weighted by molar-refractivity contribution is 5.68. The third-order valence-electron chi connectivity index (χ3n) is 3.52. The molecule has 5 nitrogen and oxygen atoms in total. The van der Waals surface area contributed by atoms with Crippen LogP contribution < -0.4 is 0 Å². The highest BCUT2D eigenvalue weighted by Gasteiger charge is 2.32. The van der Waals surface area contributed by atoms with Gasteiger partial charge in [0.15, 0.2) is 0 Å². The summed E-state index contributed by atoms with van der Waals surface area (Å²) in [5.41, 5.74) is -0.471. The smallest absolute Gasteiger partial charge is 0.410 e. The molecule has 0 aromatic heterocycles. The second-order valence-electron chi connectivity index (χ2n) is 6.53. The molecular weight excluding hydrogens is 258 g/mol. The summed E-state index contributed by atoms with van der Waals surface area (Å²) in [6.45, 7) is 7.51. The molecule has 0 aromatic carbocycles. The van der Waals surface area contributed by atoms with Gasteiger partial charge in [-0.1, -0.05) is 6.42 Å². The van der Waals surface area contributed by atoms with E-state index in [1.165, 1.54) is 0 Å². The lowest BCUT2D eigenvalue weighted by Crippen LogP contribution is -2.47. The lowest BCUT2D eigenvalue weighted by Gasteiger charge is -2.37. The monoisotopic (exact) mass is 287 g/mol. The number of likely N-dealkylation sites (tertiary alicyclic amines) is 1. The number of hydrogen-bond donors (Lipinski definition) is 1. The Morgan fingerprint density at radius 3 is 2.65 bits per heavy atom. The normalized spacial score (nSPS) is 23.8. The fourth-order valence-corrected chi connectivity index (χ4v) is 2.45. The number of piperidine rings is 1. The summed E-state index contributed by atoms with van der Waals surface area (Å²) in [5.74, 6) is 0.146. The van der Waals surface area contributed by atoms with E-state index in [2.05, 4.69) is 0 Å². The van der Waals surface area contributed by atoms with Crippen LogP contribution in [-0.2, 0) is 9.47 Å². The van der Waals surface area contributed by atoms with Gasteiger partial charge in [0.05, 0.1) is 6.10 Å². The van der Waals surface area contributed by atoms with E-state index in [9.17, 15) is 9.90 Å². The van der Waals surface area contributed by atoms with Gasteiger partial charge in [-0.3, -0.25) is 0 Å². The Balaban J connectivity index is 2.42. The van der Waals surface area contributed by atoms with Crippen LogP contribution in [0.3, 0.4) is 0 Å². The molecule has 2 atom stereocenters. The van der Waals surface area contributed by atoms with Crippen molar-refractivity contribution in [2.24, 2.45) is 5.92 Å². The van der Waals surface area contributed by atoms with Crippen molar-refractivity contribution in [3.63, 3.8) is 0 Å². The largest absolute Gasteiger partial charge is 0.444 e. The first-order valence-corrected chi connectivity index (χ1v) is 7.48. The van der Waals surface area contributed by atoms with Gasteiger partial charge in [0.2, 0.25) is 0 Å². The minimum atomic E-state index is -0.471. The molecule has 2 unspecified atom stereocenters. The molecule has 1 N–H and O–H groups in total. The molecule has 1 saturated heterocycles. The number of aliphatic hydroxyl groups is 1. The molecule has 0 aliphatic carbocycles. The molecule has 1 amide bonds. The van der Waals surface area contributed by atoms with Gasteiger partial charge >= 0.3 is 6.09 Å². The number of unbranched alkanes of at least 4 members (excludes halogenated alkanes) is 1. The summed E-state index contributed by atoms with van der Waals surface area (Å²) in [7, 11) is 1.69. The van der Waals surface area contributed by atoms with Crippen LogP contribution in [0.25, 0.3) is 0 Å². The first kappa shape index (κ1) is 17.2. The molecule has 20 heavy (non-hydrogen) atoms. The molecule has 0 spiro atoms. The van der Waals surface area contributed by atoms with Crippen LogP contribution in [0.2, 0.25) is 0 Å². The van der Waals surface area contributed by atoms with Crippen molar-refractivity contribution >= 4 is 6.09 Å². The van der Waals surface area contributed by atoms with E-state index in [1.807, 2.05) is 20.8 Å². The lowest BCUT2D eigenvalue weighted by atomic mass is 9.90. The molecule has 1 aliphatic rings. The van der Waals surface area contributed by atoms with E-state index in [0.717, 1.165) is 25.9 Å². The maximum absolute atomic E-state index is 12.0. The number of hydrogen-bond acceptors (Lipinski definition) is 4. The third-order valence-corrected chi connectivity index (χ3v) is 3.52. The molecule has 0 saturated carbocycles. The Hall–Kier alpha value is -0.810. The highest BCUT2D eigenvalue weighted by atomic mass is 16.6. The molecule has 0 bridgehead atoms. The van der Waals surface area contributed by atoms with Crippen LogP contribution in [0.1, 0.15) is 46.5 Å². The van der Waals surface area contributed by atoms with E-state index >= 15 is 0 Å². The van der Waals surface area contributed by atoms with E-state index in [0.29, 0.717) is 19.5 Å². The van der Waals surface area contributed by atoms with Crippen molar-refractivity contribution in [3.8, 4) is 0 Å². The van der Waals surface area contributed by atoms with Crippen molar-refractivity contribution < 1.29 is 19.4 Å². The van der Waals surface area contributed by atoms with Gasteiger partial charge < -0.3 is 19.5 Å². The Morgan fingerprint density at radius 1 is 1.35 bits per heavy atom. The number of amides is 1. The maximum Gasteiger partial charge on any atom is 0.410 e. The van der Waals surface area contributed by atoms with Gasteiger partial charge in [-0.2, -0.15) is 0 Å². The summed E-state index contributed by atoms with van der Waals surface area (Å²) in [6.07, 6.45) is 2.98. The van der Waals surface area contributed by atoms with Crippen LogP contribution in [-0.4, -0.2) is 54.6 Å². The summed E-state index contributed by atoms with van der Waals surface area (Å²) in [4.78, 5) is 13.8. The summed E-state index contributed by atoms with van der Waals surface area (Å²) < 4.78 is 10.4. The fourth-order valence-electron chi connectivity index (χ4n) is 2.45. The second kappa shape index (κ2) is 7.84. The molecule has 1 heterocycles. The van der Waals surface area contributed by atoms with Crippen LogP contribution in [0, 0.1) is 5.92 Å². The van der Waals surface area contributed by atoms with Gasteiger partial charge in [-0.15, -0.1) is 0 Å². The molecule has 118 valence electrons. The predicted octanol–water partition coefficient (Wildman–Crippen LogP) is 2.42. The van der Waals surface area contributed by atoms with E-state index in [1.54, 1.807) is 12.0 Å². The number of carbonyl (C=O) groups is 1. The number of nitrogens with zero attached hydrogens (tertiary/aromatic N) is 1. The van der Waals surface area contributed by atoms with Gasteiger partial charge in [-0.25, -0.2) is 4.79 Å². The number of carbonyl (C=O) groups excluding carboxylic acids is 1. The van der Waals surface area contributed by atoms with Gasteiger partial charge in [0.25, 0.3) is 0 Å². The molecule has 0 aromatic rings. The van der Waals surface area contributed by atoms with Gasteiger partial charge in [0, 0.05) is 32.7 Å². The molecule has 5 heteroatoms. The predicted molar refractivity (Wildman–Crippen MR) is 77.6 cm³/mol. The van der Waals surface area contributed by atoms with Crippen molar-refractivity contribution in [1.82, 2.24) is 4.90 Å². The van der Waals surface area contributed by atoms with E-state index in [4.69, 9.17) is 9.47 Å². The molecular formula is C15H29NO4. The minimum absolute atomic E-state index is 0.146. The van der Waals surface area contributed by atoms with Crippen LogP contribution in [0.15, 0.2) is 0 Å². The summed E-state index contributed by atoms with van der Waals surface area (Å²) >= 11 is 0. The topological polar surface area (TPSA) is 59.0 Å². The fraction of sp³-hybridized carbons (Fsp3) is 0.933. The average molecular weight is 287 g/mol. The standard InChI is InChI=1S/C15H29NO4/c1-15(2,3)20-14(18)16-9-8-13(17)12(11-16)7-5-6-10-19-4/h12-13,17H,5-11H2,1-4H3. The minimum Gasteiger partial charge on any atom is -0.444 e. The van der Waals surface area contributed by atoms with E-state index < -0.39 is 5.60 Å². The van der Waals surface area contributed by atoms with E-state index in [-0.39, 0.29) is 18.1 Å². The first-order chi connectivity index (χ1) is 9.33. The zero-order valence-electron chi connectivity index (χ0n) is 13.2. The van der Waals surface area contributed by atoms with Crippen LogP contribution in [0.4, 0.5) is 4.79 Å². The summed E-state index contributed by atoms with van der Waals surface area (Å²) in [6, 6.07) is 0. The van der Waals surface area contributed by atoms with Crippen LogP contribution in [0.5, 0.6) is 0 Å². The molecule has 1 fully saturated rings. The lowest BCUT2D eigenvalue weighted by molar-refractivity contribution is -0.0106. The zero-order valence-corrected chi connectivity index (χ0v) is 13.2. The van der Waals surface area contributed by atoms with Crippen molar-refractivity contribution in [1.29, 1.82) is 0 Å². The zero-order chi connectivity index (χ0) is 15.2. The Bertz CT molecular complexity index is 301. The highest BCUT2D eigenvalue weighted by Crippen LogP contribution is 2.24. The Kier molecular flexibility index (Phi) is 6.76.